The van der Waals surface area contributed by atoms with Crippen LogP contribution in [0.25, 0.3) is 22.0 Å². The number of nitrogens with zero attached hydrogens (tertiary/aromatic N) is 2. The lowest BCUT2D eigenvalue weighted by Gasteiger charge is -2.18. The van der Waals surface area contributed by atoms with Gasteiger partial charge in [0.1, 0.15) is 11.6 Å². The number of carbonyl (C=O) groups excluding carboxylic acids is 1. The second-order valence-electron chi connectivity index (χ2n) is 9.88. The maximum Gasteiger partial charge on any atom is 0.324 e. The van der Waals surface area contributed by atoms with Gasteiger partial charge in [0.15, 0.2) is 0 Å². The number of fused-ring (bicyclic) bond motifs is 1. The lowest BCUT2D eigenvalue weighted by Crippen LogP contribution is -2.21. The summed E-state index contributed by atoms with van der Waals surface area (Å²) in [7, 11) is 3.45. The highest BCUT2D eigenvalue weighted by Gasteiger charge is 2.21. The molecule has 0 atom stereocenters. The Balaban J connectivity index is 1.69. The van der Waals surface area contributed by atoms with Crippen LogP contribution in [0, 0.1) is 19.7 Å². The summed E-state index contributed by atoms with van der Waals surface area (Å²) >= 11 is 1.44. The van der Waals surface area contributed by atoms with Crippen molar-refractivity contribution in [3.63, 3.8) is 0 Å². The molecule has 1 aromatic carbocycles. The third-order valence-electron chi connectivity index (χ3n) is 6.29. The monoisotopic (exact) mass is 507 g/mol. The Bertz CT molecular complexity index is 1550. The number of aryl methyl sites for hydroxylation is 2. The lowest BCUT2D eigenvalue weighted by atomic mass is 9.87. The van der Waals surface area contributed by atoms with E-state index >= 15 is 0 Å². The van der Waals surface area contributed by atoms with Gasteiger partial charge in [-0.2, -0.15) is 0 Å². The van der Waals surface area contributed by atoms with Crippen molar-refractivity contribution in [3.05, 3.63) is 68.7 Å². The molecule has 0 spiro atoms. The van der Waals surface area contributed by atoms with E-state index in [1.807, 2.05) is 12.3 Å². The Morgan fingerprint density at radius 2 is 1.81 bits per heavy atom. The van der Waals surface area contributed by atoms with Crippen LogP contribution >= 0.6 is 11.3 Å². The van der Waals surface area contributed by atoms with E-state index in [1.54, 1.807) is 43.9 Å². The molecule has 0 fully saturated rings. The number of benzene rings is 1. The summed E-state index contributed by atoms with van der Waals surface area (Å²) in [6.45, 7) is 10.0. The number of carbonyl (C=O) groups is 1. The van der Waals surface area contributed by atoms with Gasteiger partial charge in [-0.15, -0.1) is 11.3 Å². The van der Waals surface area contributed by atoms with E-state index in [2.05, 4.69) is 41.7 Å². The lowest BCUT2D eigenvalue weighted by molar-refractivity contribution is 0.262. The molecular weight excluding hydrogens is 477 g/mol. The number of anilines is 3. The van der Waals surface area contributed by atoms with Crippen LogP contribution in [-0.2, 0) is 12.5 Å². The second-order valence-corrected chi connectivity index (χ2v) is 10.8. The molecule has 0 bridgehead atoms. The highest BCUT2D eigenvalue weighted by Crippen LogP contribution is 2.35. The summed E-state index contributed by atoms with van der Waals surface area (Å²) in [4.78, 5) is 30.4. The SMILES string of the molecule is CNc1cc2c(cn1)cc(-c1cc(NC(=O)Nc3scc(C(C)(C)C)c3C)c(F)cc1C)c(=O)n2C. The Morgan fingerprint density at radius 1 is 1.08 bits per heavy atom. The molecule has 188 valence electrons. The molecule has 36 heavy (non-hydrogen) atoms. The van der Waals surface area contributed by atoms with E-state index in [0.717, 1.165) is 22.0 Å². The third-order valence-corrected chi connectivity index (χ3v) is 7.29. The predicted molar refractivity (Wildman–Crippen MR) is 147 cm³/mol. The minimum absolute atomic E-state index is 0.0100. The van der Waals surface area contributed by atoms with E-state index in [9.17, 15) is 14.0 Å². The van der Waals surface area contributed by atoms with Crippen LogP contribution in [0.15, 0.2) is 40.6 Å². The summed E-state index contributed by atoms with van der Waals surface area (Å²) in [5, 5.41) is 11.9. The van der Waals surface area contributed by atoms with Crippen LogP contribution in [0.4, 0.5) is 25.7 Å². The molecule has 4 aromatic rings. The topological polar surface area (TPSA) is 88.1 Å². The molecule has 0 saturated heterocycles. The van der Waals surface area contributed by atoms with Crippen molar-refractivity contribution in [1.29, 1.82) is 0 Å². The quantitative estimate of drug-likeness (QED) is 0.298. The van der Waals surface area contributed by atoms with Gasteiger partial charge in [0.2, 0.25) is 0 Å². The van der Waals surface area contributed by atoms with E-state index in [1.165, 1.54) is 23.5 Å². The van der Waals surface area contributed by atoms with Crippen LogP contribution in [0.3, 0.4) is 0 Å². The molecule has 7 nitrogen and oxygen atoms in total. The van der Waals surface area contributed by atoms with Crippen molar-refractivity contribution in [1.82, 2.24) is 9.55 Å². The molecule has 0 aliphatic rings. The summed E-state index contributed by atoms with van der Waals surface area (Å²) < 4.78 is 16.4. The molecule has 3 aromatic heterocycles. The zero-order valence-corrected chi connectivity index (χ0v) is 22.3. The van der Waals surface area contributed by atoms with Crippen molar-refractivity contribution in [2.24, 2.45) is 7.05 Å². The van der Waals surface area contributed by atoms with Crippen LogP contribution < -0.4 is 21.5 Å². The van der Waals surface area contributed by atoms with E-state index in [-0.39, 0.29) is 16.7 Å². The normalized spacial score (nSPS) is 11.6. The maximum absolute atomic E-state index is 14.9. The zero-order chi connectivity index (χ0) is 26.4. The fraction of sp³-hybridized carbons (Fsp3) is 0.296. The van der Waals surface area contributed by atoms with Crippen molar-refractivity contribution < 1.29 is 9.18 Å². The van der Waals surface area contributed by atoms with Gasteiger partial charge < -0.3 is 15.2 Å². The van der Waals surface area contributed by atoms with Gasteiger partial charge in [0, 0.05) is 37.3 Å². The number of urea groups is 1. The molecule has 0 aliphatic heterocycles. The number of pyridine rings is 2. The summed E-state index contributed by atoms with van der Waals surface area (Å²) in [5.74, 6) is 0.0685. The first-order valence-electron chi connectivity index (χ1n) is 11.6. The summed E-state index contributed by atoms with van der Waals surface area (Å²) in [5.41, 5.74) is 4.08. The van der Waals surface area contributed by atoms with E-state index < -0.39 is 11.8 Å². The van der Waals surface area contributed by atoms with Gasteiger partial charge >= 0.3 is 6.03 Å². The number of aromatic nitrogens is 2. The average molecular weight is 508 g/mol. The van der Waals surface area contributed by atoms with Gasteiger partial charge in [-0.05, 0) is 65.1 Å². The number of nitrogens with one attached hydrogen (secondary N) is 3. The first kappa shape index (κ1) is 25.4. The molecule has 0 unspecified atom stereocenters. The molecule has 3 N–H and O–H groups in total. The van der Waals surface area contributed by atoms with Crippen molar-refractivity contribution in [2.45, 2.75) is 40.0 Å². The van der Waals surface area contributed by atoms with Crippen molar-refractivity contribution in [3.8, 4) is 11.1 Å². The highest BCUT2D eigenvalue weighted by molar-refractivity contribution is 7.14. The van der Waals surface area contributed by atoms with Crippen LogP contribution in [0.2, 0.25) is 0 Å². The smallest absolute Gasteiger partial charge is 0.324 e. The first-order valence-corrected chi connectivity index (χ1v) is 12.4. The minimum Gasteiger partial charge on any atom is -0.373 e. The molecule has 4 rings (SSSR count). The second kappa shape index (κ2) is 9.39. The standard InChI is InChI=1S/C27H30FN5O2S/c1-14-8-20(28)21(31-26(35)32-24-15(2)19(13-36-24)27(3,4)5)10-17(14)18-9-16-12-30-23(29-6)11-22(16)33(7)25(18)34/h8-13H,1-7H3,(H,29,30)(H2,31,32,35). The van der Waals surface area contributed by atoms with Gasteiger partial charge in [-0.1, -0.05) is 20.8 Å². The largest absolute Gasteiger partial charge is 0.373 e. The van der Waals surface area contributed by atoms with Crippen LogP contribution in [0.1, 0.15) is 37.5 Å². The number of hydrogen-bond acceptors (Lipinski definition) is 5. The Morgan fingerprint density at radius 3 is 2.44 bits per heavy atom. The van der Waals surface area contributed by atoms with Crippen molar-refractivity contribution in [2.75, 3.05) is 23.0 Å². The average Bonchev–Trinajstić information content (AvgIpc) is 3.18. The predicted octanol–water partition coefficient (Wildman–Crippen LogP) is 6.40. The van der Waals surface area contributed by atoms with Crippen molar-refractivity contribution >= 4 is 44.8 Å². The number of amides is 2. The van der Waals surface area contributed by atoms with E-state index in [0.29, 0.717) is 27.5 Å². The summed E-state index contributed by atoms with van der Waals surface area (Å²) in [6, 6.07) is 5.82. The Hall–Kier alpha value is -3.72. The Kier molecular flexibility index (Phi) is 6.62. The molecule has 0 aliphatic carbocycles. The number of thiophene rings is 1. The molecule has 9 heteroatoms. The first-order chi connectivity index (χ1) is 16.9. The zero-order valence-electron chi connectivity index (χ0n) is 21.5. The van der Waals surface area contributed by atoms with Gasteiger partial charge in [0.25, 0.3) is 5.56 Å². The molecule has 0 radical (unpaired) electrons. The van der Waals surface area contributed by atoms with E-state index in [4.69, 9.17) is 0 Å². The van der Waals surface area contributed by atoms with Gasteiger partial charge in [0.05, 0.1) is 16.2 Å². The summed E-state index contributed by atoms with van der Waals surface area (Å²) in [6.07, 6.45) is 1.69. The third kappa shape index (κ3) is 4.70. The maximum atomic E-state index is 14.9. The minimum atomic E-state index is -0.581. The molecule has 2 amide bonds. The molecule has 0 saturated carbocycles. The van der Waals surface area contributed by atoms with Gasteiger partial charge in [-0.25, -0.2) is 14.2 Å². The number of halogens is 1. The molecular formula is C27H30FN5O2S. The Labute approximate surface area is 213 Å². The number of hydrogen-bond donors (Lipinski definition) is 3. The fourth-order valence-corrected chi connectivity index (χ4v) is 5.49. The molecule has 3 heterocycles. The fourth-order valence-electron chi connectivity index (χ4n) is 4.29. The highest BCUT2D eigenvalue weighted by atomic mass is 32.1. The van der Waals surface area contributed by atoms with Crippen LogP contribution in [0.5, 0.6) is 0 Å². The van der Waals surface area contributed by atoms with Gasteiger partial charge in [-0.3, -0.25) is 10.1 Å². The van der Waals surface area contributed by atoms with Crippen LogP contribution in [-0.4, -0.2) is 22.6 Å². The number of rotatable bonds is 4.